The molecule has 0 unspecified atom stereocenters. The second-order valence-corrected chi connectivity index (χ2v) is 4.59. The van der Waals surface area contributed by atoms with Gasteiger partial charge in [-0.2, -0.15) is 0 Å². The molecule has 1 fully saturated rings. The lowest BCUT2D eigenvalue weighted by Gasteiger charge is -2.20. The van der Waals surface area contributed by atoms with Gasteiger partial charge in [0.2, 0.25) is 0 Å². The van der Waals surface area contributed by atoms with Crippen LogP contribution in [-0.2, 0) is 14.2 Å². The molecule has 0 bridgehead atoms. The average Bonchev–Trinajstić information content (AvgIpc) is 2.53. The summed E-state index contributed by atoms with van der Waals surface area (Å²) in [5.41, 5.74) is 0. The molecular formula is C13H22O4. The molecule has 1 saturated heterocycles. The van der Waals surface area contributed by atoms with Gasteiger partial charge >= 0.3 is 0 Å². The molecule has 0 aromatic carbocycles. The van der Waals surface area contributed by atoms with Gasteiger partial charge in [-0.3, -0.25) is 0 Å². The van der Waals surface area contributed by atoms with E-state index >= 15 is 0 Å². The summed E-state index contributed by atoms with van der Waals surface area (Å²) in [6.07, 6.45) is 0.937. The third-order valence-corrected chi connectivity index (χ3v) is 2.75. The van der Waals surface area contributed by atoms with Gasteiger partial charge in [-0.15, -0.1) is 5.92 Å². The van der Waals surface area contributed by atoms with E-state index in [9.17, 15) is 0 Å². The van der Waals surface area contributed by atoms with Crippen molar-refractivity contribution in [2.45, 2.75) is 57.7 Å². The average molecular weight is 242 g/mol. The number of hydrogen-bond donors (Lipinski definition) is 1. The second-order valence-electron chi connectivity index (χ2n) is 4.59. The molecule has 1 aliphatic heterocycles. The SMILES string of the molecule is CC#C[C@H]1OC(C)(C)O[C@@H]1C[C@H](CCO)OC. The van der Waals surface area contributed by atoms with Crippen LogP contribution >= 0.6 is 0 Å². The Morgan fingerprint density at radius 1 is 1.41 bits per heavy atom. The number of ether oxygens (including phenoxy) is 3. The van der Waals surface area contributed by atoms with Crippen LogP contribution in [0.2, 0.25) is 0 Å². The highest BCUT2D eigenvalue weighted by molar-refractivity contribution is 5.08. The Kier molecular flexibility index (Phi) is 5.41. The molecule has 0 aliphatic carbocycles. The van der Waals surface area contributed by atoms with Crippen LogP contribution in [0.3, 0.4) is 0 Å². The molecule has 0 aromatic heterocycles. The van der Waals surface area contributed by atoms with Crippen molar-refractivity contribution >= 4 is 0 Å². The van der Waals surface area contributed by atoms with Crippen LogP contribution in [-0.4, -0.2) is 42.9 Å². The van der Waals surface area contributed by atoms with Gasteiger partial charge in [0.05, 0.1) is 6.10 Å². The highest BCUT2D eigenvalue weighted by atomic mass is 16.7. The fraction of sp³-hybridized carbons (Fsp3) is 0.846. The van der Waals surface area contributed by atoms with Gasteiger partial charge in [0, 0.05) is 20.1 Å². The van der Waals surface area contributed by atoms with Crippen molar-refractivity contribution in [3.05, 3.63) is 0 Å². The predicted octanol–water partition coefficient (Wildman–Crippen LogP) is 1.32. The minimum atomic E-state index is -0.601. The molecule has 0 amide bonds. The van der Waals surface area contributed by atoms with E-state index in [1.807, 2.05) is 13.8 Å². The summed E-state index contributed by atoms with van der Waals surface area (Å²) in [7, 11) is 1.64. The normalized spacial score (nSPS) is 28.5. The smallest absolute Gasteiger partial charge is 0.165 e. The van der Waals surface area contributed by atoms with E-state index in [1.54, 1.807) is 14.0 Å². The van der Waals surface area contributed by atoms with Crippen molar-refractivity contribution in [3.63, 3.8) is 0 Å². The predicted molar refractivity (Wildman–Crippen MR) is 64.4 cm³/mol. The topological polar surface area (TPSA) is 47.9 Å². The molecule has 0 saturated carbocycles. The Labute approximate surface area is 103 Å². The summed E-state index contributed by atoms with van der Waals surface area (Å²) in [4.78, 5) is 0. The third kappa shape index (κ3) is 4.29. The zero-order chi connectivity index (χ0) is 12.9. The summed E-state index contributed by atoms with van der Waals surface area (Å²) in [5.74, 6) is 5.26. The second kappa shape index (κ2) is 6.36. The molecule has 4 heteroatoms. The minimum Gasteiger partial charge on any atom is -0.396 e. The lowest BCUT2D eigenvalue weighted by Crippen LogP contribution is -2.28. The molecule has 0 aromatic rings. The molecule has 1 heterocycles. The first-order chi connectivity index (χ1) is 8.02. The number of hydrogen-bond acceptors (Lipinski definition) is 4. The number of methoxy groups -OCH3 is 1. The zero-order valence-electron chi connectivity index (χ0n) is 11.0. The van der Waals surface area contributed by atoms with Crippen LogP contribution in [0.15, 0.2) is 0 Å². The van der Waals surface area contributed by atoms with Gasteiger partial charge in [-0.1, -0.05) is 5.92 Å². The largest absolute Gasteiger partial charge is 0.396 e. The van der Waals surface area contributed by atoms with E-state index in [2.05, 4.69) is 11.8 Å². The van der Waals surface area contributed by atoms with Crippen molar-refractivity contribution in [2.24, 2.45) is 0 Å². The van der Waals surface area contributed by atoms with Crippen LogP contribution in [0.4, 0.5) is 0 Å². The number of aliphatic hydroxyl groups excluding tert-OH is 1. The summed E-state index contributed by atoms with van der Waals surface area (Å²) in [5, 5.41) is 8.93. The van der Waals surface area contributed by atoms with Gasteiger partial charge in [-0.25, -0.2) is 0 Å². The molecule has 0 radical (unpaired) electrons. The molecule has 1 rings (SSSR count). The van der Waals surface area contributed by atoms with Crippen LogP contribution in [0.25, 0.3) is 0 Å². The van der Waals surface area contributed by atoms with Crippen molar-refractivity contribution < 1.29 is 19.3 Å². The fourth-order valence-corrected chi connectivity index (χ4v) is 2.01. The Morgan fingerprint density at radius 3 is 2.65 bits per heavy atom. The summed E-state index contributed by atoms with van der Waals surface area (Å²) < 4.78 is 16.8. The van der Waals surface area contributed by atoms with Gasteiger partial charge in [0.25, 0.3) is 0 Å². The van der Waals surface area contributed by atoms with E-state index in [0.29, 0.717) is 12.8 Å². The van der Waals surface area contributed by atoms with Crippen LogP contribution in [0.5, 0.6) is 0 Å². The standard InChI is InChI=1S/C13H22O4/c1-5-6-11-12(17-13(2,3)16-11)9-10(15-4)7-8-14/h10-12,14H,7-9H2,1-4H3/t10-,11+,12+/m0/s1. The first-order valence-electron chi connectivity index (χ1n) is 5.94. The monoisotopic (exact) mass is 242 g/mol. The lowest BCUT2D eigenvalue weighted by atomic mass is 10.0. The maximum atomic E-state index is 8.93. The van der Waals surface area contributed by atoms with E-state index in [4.69, 9.17) is 19.3 Å². The van der Waals surface area contributed by atoms with E-state index < -0.39 is 5.79 Å². The Hall–Kier alpha value is -0.600. The van der Waals surface area contributed by atoms with E-state index in [1.165, 1.54) is 0 Å². The van der Waals surface area contributed by atoms with Gasteiger partial charge in [0.1, 0.15) is 12.2 Å². The summed E-state index contributed by atoms with van der Waals surface area (Å²) >= 11 is 0. The summed E-state index contributed by atoms with van der Waals surface area (Å²) in [6, 6.07) is 0. The van der Waals surface area contributed by atoms with Crippen molar-refractivity contribution in [2.75, 3.05) is 13.7 Å². The quantitative estimate of drug-likeness (QED) is 0.739. The maximum absolute atomic E-state index is 8.93. The van der Waals surface area contributed by atoms with E-state index in [0.717, 1.165) is 0 Å². The fourth-order valence-electron chi connectivity index (χ4n) is 2.01. The van der Waals surface area contributed by atoms with E-state index in [-0.39, 0.29) is 24.9 Å². The Morgan fingerprint density at radius 2 is 2.12 bits per heavy atom. The molecule has 0 spiro atoms. The molecule has 3 atom stereocenters. The van der Waals surface area contributed by atoms with Crippen LogP contribution in [0.1, 0.15) is 33.6 Å². The third-order valence-electron chi connectivity index (χ3n) is 2.75. The van der Waals surface area contributed by atoms with Gasteiger partial charge in [-0.05, 0) is 27.2 Å². The summed E-state index contributed by atoms with van der Waals surface area (Å²) in [6.45, 7) is 5.66. The zero-order valence-corrected chi connectivity index (χ0v) is 11.0. The molecular weight excluding hydrogens is 220 g/mol. The lowest BCUT2D eigenvalue weighted by molar-refractivity contribution is -0.145. The van der Waals surface area contributed by atoms with Crippen LogP contribution < -0.4 is 0 Å². The molecule has 17 heavy (non-hydrogen) atoms. The van der Waals surface area contributed by atoms with Gasteiger partial charge < -0.3 is 19.3 Å². The van der Waals surface area contributed by atoms with Crippen LogP contribution in [0, 0.1) is 11.8 Å². The number of aliphatic hydroxyl groups is 1. The first kappa shape index (κ1) is 14.5. The molecule has 4 nitrogen and oxygen atoms in total. The van der Waals surface area contributed by atoms with Crippen molar-refractivity contribution in [1.82, 2.24) is 0 Å². The highest BCUT2D eigenvalue weighted by Crippen LogP contribution is 2.31. The Balaban J connectivity index is 2.62. The highest BCUT2D eigenvalue weighted by Gasteiger charge is 2.41. The number of rotatable bonds is 5. The molecule has 1 N–H and O–H groups in total. The van der Waals surface area contributed by atoms with Crippen molar-refractivity contribution in [1.29, 1.82) is 0 Å². The maximum Gasteiger partial charge on any atom is 0.165 e. The minimum absolute atomic E-state index is 0.0244. The van der Waals surface area contributed by atoms with Gasteiger partial charge in [0.15, 0.2) is 5.79 Å². The molecule has 1 aliphatic rings. The first-order valence-corrected chi connectivity index (χ1v) is 5.94. The van der Waals surface area contributed by atoms with Crippen molar-refractivity contribution in [3.8, 4) is 11.8 Å². The Bertz CT molecular complexity index is 290. The molecule has 98 valence electrons.